The summed E-state index contributed by atoms with van der Waals surface area (Å²) < 4.78 is 1.70. The van der Waals surface area contributed by atoms with Crippen molar-refractivity contribution in [2.45, 2.75) is 12.8 Å². The average Bonchev–Trinajstić information content (AvgIpc) is 2.89. The minimum atomic E-state index is 0.0151. The summed E-state index contributed by atoms with van der Waals surface area (Å²) in [6, 6.07) is 5.37. The Morgan fingerprint density at radius 3 is 2.75 bits per heavy atom. The fourth-order valence-electron chi connectivity index (χ4n) is 2.66. The van der Waals surface area contributed by atoms with Gasteiger partial charge in [-0.05, 0) is 23.4 Å². The van der Waals surface area contributed by atoms with Crippen LogP contribution < -0.4 is 5.56 Å². The van der Waals surface area contributed by atoms with Crippen molar-refractivity contribution < 1.29 is 4.79 Å². The van der Waals surface area contributed by atoms with Crippen LogP contribution in [0, 0.1) is 0 Å². The van der Waals surface area contributed by atoms with Gasteiger partial charge in [0.2, 0.25) is 5.56 Å². The molecule has 0 bridgehead atoms. The number of pyridine rings is 1. The standard InChI is InChI=1S/C15H16N2O2S/c1-16-13-5-8-17(15(19)12-6-9-20-10-12)7-4-11(13)2-3-14(16)18/h2-3,6,9-10H,4-5,7-8H2,1H3. The highest BCUT2D eigenvalue weighted by atomic mass is 32.1. The van der Waals surface area contributed by atoms with Gasteiger partial charge >= 0.3 is 0 Å². The van der Waals surface area contributed by atoms with Crippen LogP contribution in [0.15, 0.2) is 33.8 Å². The molecule has 0 radical (unpaired) electrons. The van der Waals surface area contributed by atoms with Crippen molar-refractivity contribution in [2.75, 3.05) is 13.1 Å². The van der Waals surface area contributed by atoms with Gasteiger partial charge < -0.3 is 9.47 Å². The summed E-state index contributed by atoms with van der Waals surface area (Å²) in [5.74, 6) is 0.0871. The van der Waals surface area contributed by atoms with E-state index >= 15 is 0 Å². The summed E-state index contributed by atoms with van der Waals surface area (Å²) in [5.41, 5.74) is 3.00. The molecule has 0 saturated carbocycles. The molecular weight excluding hydrogens is 272 g/mol. The fourth-order valence-corrected chi connectivity index (χ4v) is 3.29. The van der Waals surface area contributed by atoms with E-state index in [9.17, 15) is 9.59 Å². The molecule has 4 nitrogen and oxygen atoms in total. The first-order chi connectivity index (χ1) is 9.66. The van der Waals surface area contributed by atoms with E-state index in [0.717, 1.165) is 24.1 Å². The number of hydrogen-bond donors (Lipinski definition) is 0. The number of fused-ring (bicyclic) bond motifs is 1. The number of carbonyl (C=O) groups is 1. The molecule has 2 aromatic heterocycles. The van der Waals surface area contributed by atoms with Crippen molar-refractivity contribution in [3.8, 4) is 0 Å². The van der Waals surface area contributed by atoms with Crippen molar-refractivity contribution in [3.63, 3.8) is 0 Å². The van der Waals surface area contributed by atoms with E-state index in [2.05, 4.69) is 0 Å². The molecule has 104 valence electrons. The van der Waals surface area contributed by atoms with Gasteiger partial charge in [0.1, 0.15) is 0 Å². The van der Waals surface area contributed by atoms with Crippen molar-refractivity contribution in [1.29, 1.82) is 0 Å². The van der Waals surface area contributed by atoms with Crippen molar-refractivity contribution in [1.82, 2.24) is 9.47 Å². The molecule has 2 aromatic rings. The third kappa shape index (κ3) is 2.29. The maximum absolute atomic E-state index is 12.4. The molecule has 3 heterocycles. The summed E-state index contributed by atoms with van der Waals surface area (Å²) >= 11 is 1.54. The highest BCUT2D eigenvalue weighted by molar-refractivity contribution is 7.08. The Balaban J connectivity index is 1.84. The molecule has 3 rings (SSSR count). The predicted molar refractivity (Wildman–Crippen MR) is 79.3 cm³/mol. The van der Waals surface area contributed by atoms with Crippen LogP contribution in [0.2, 0.25) is 0 Å². The molecule has 1 aliphatic heterocycles. The van der Waals surface area contributed by atoms with E-state index in [1.165, 1.54) is 16.9 Å². The molecule has 0 unspecified atom stereocenters. The van der Waals surface area contributed by atoms with Gasteiger partial charge in [-0.25, -0.2) is 0 Å². The molecule has 0 N–H and O–H groups in total. The molecule has 1 amide bonds. The Kier molecular flexibility index (Phi) is 3.44. The molecule has 20 heavy (non-hydrogen) atoms. The van der Waals surface area contributed by atoms with Crippen LogP contribution in [0.5, 0.6) is 0 Å². The van der Waals surface area contributed by atoms with E-state index in [-0.39, 0.29) is 11.5 Å². The second kappa shape index (κ2) is 5.25. The van der Waals surface area contributed by atoms with Crippen LogP contribution in [0.4, 0.5) is 0 Å². The summed E-state index contributed by atoms with van der Waals surface area (Å²) in [4.78, 5) is 26.0. The van der Waals surface area contributed by atoms with Crippen LogP contribution >= 0.6 is 11.3 Å². The third-order valence-corrected chi connectivity index (χ3v) is 4.54. The Bertz CT molecular complexity index is 688. The van der Waals surface area contributed by atoms with Gasteiger partial charge in [-0.2, -0.15) is 11.3 Å². The Morgan fingerprint density at radius 2 is 2.00 bits per heavy atom. The van der Waals surface area contributed by atoms with E-state index in [4.69, 9.17) is 0 Å². The summed E-state index contributed by atoms with van der Waals surface area (Å²) in [6.45, 7) is 1.37. The largest absolute Gasteiger partial charge is 0.338 e. The van der Waals surface area contributed by atoms with Crippen molar-refractivity contribution in [3.05, 3.63) is 56.1 Å². The number of rotatable bonds is 1. The third-order valence-electron chi connectivity index (χ3n) is 3.86. The average molecular weight is 288 g/mol. The molecule has 5 heteroatoms. The van der Waals surface area contributed by atoms with Gasteiger partial charge in [-0.1, -0.05) is 6.07 Å². The number of aromatic nitrogens is 1. The minimum absolute atomic E-state index is 0.0151. The van der Waals surface area contributed by atoms with E-state index in [0.29, 0.717) is 13.1 Å². The van der Waals surface area contributed by atoms with Crippen molar-refractivity contribution >= 4 is 17.2 Å². The lowest BCUT2D eigenvalue weighted by atomic mass is 10.1. The van der Waals surface area contributed by atoms with Crippen LogP contribution in [-0.2, 0) is 19.9 Å². The second-order valence-corrected chi connectivity index (χ2v) is 5.79. The molecule has 0 aromatic carbocycles. The predicted octanol–water partition coefficient (Wildman–Crippen LogP) is 1.69. The maximum Gasteiger partial charge on any atom is 0.254 e. The second-order valence-electron chi connectivity index (χ2n) is 5.01. The van der Waals surface area contributed by atoms with Gasteiger partial charge in [-0.15, -0.1) is 0 Å². The summed E-state index contributed by atoms with van der Waals surface area (Å²) in [6.07, 6.45) is 1.54. The van der Waals surface area contributed by atoms with Gasteiger partial charge in [0.25, 0.3) is 5.91 Å². The van der Waals surface area contributed by atoms with E-state index in [1.807, 2.05) is 27.8 Å². The molecule has 0 spiro atoms. The fraction of sp³-hybridized carbons (Fsp3) is 0.333. The quantitative estimate of drug-likeness (QED) is 0.801. The van der Waals surface area contributed by atoms with Gasteiger partial charge in [0.15, 0.2) is 0 Å². The number of thiophene rings is 1. The van der Waals surface area contributed by atoms with Gasteiger partial charge in [-0.3, -0.25) is 9.59 Å². The number of amides is 1. The lowest BCUT2D eigenvalue weighted by molar-refractivity contribution is 0.0763. The number of nitrogens with zero attached hydrogens (tertiary/aromatic N) is 2. The Hall–Kier alpha value is -1.88. The smallest absolute Gasteiger partial charge is 0.254 e. The van der Waals surface area contributed by atoms with Crippen LogP contribution in [0.25, 0.3) is 0 Å². The first kappa shape index (κ1) is 13.1. The van der Waals surface area contributed by atoms with Crippen LogP contribution in [-0.4, -0.2) is 28.5 Å². The number of hydrogen-bond acceptors (Lipinski definition) is 3. The molecule has 0 saturated heterocycles. The number of carbonyl (C=O) groups excluding carboxylic acids is 1. The van der Waals surface area contributed by atoms with Crippen LogP contribution in [0.3, 0.4) is 0 Å². The monoisotopic (exact) mass is 288 g/mol. The highest BCUT2D eigenvalue weighted by Gasteiger charge is 2.21. The van der Waals surface area contributed by atoms with Crippen molar-refractivity contribution in [2.24, 2.45) is 7.05 Å². The summed E-state index contributed by atoms with van der Waals surface area (Å²) in [5, 5.41) is 3.81. The zero-order chi connectivity index (χ0) is 14.1. The maximum atomic E-state index is 12.4. The van der Waals surface area contributed by atoms with Crippen LogP contribution in [0.1, 0.15) is 21.6 Å². The molecular formula is C15H16N2O2S. The molecule has 0 atom stereocenters. The van der Waals surface area contributed by atoms with Gasteiger partial charge in [0, 0.05) is 43.7 Å². The molecule has 1 aliphatic rings. The minimum Gasteiger partial charge on any atom is -0.338 e. The van der Waals surface area contributed by atoms with E-state index < -0.39 is 0 Å². The first-order valence-electron chi connectivity index (χ1n) is 6.66. The molecule has 0 fully saturated rings. The summed E-state index contributed by atoms with van der Waals surface area (Å²) in [7, 11) is 1.80. The first-order valence-corrected chi connectivity index (χ1v) is 7.60. The Labute approximate surface area is 121 Å². The lowest BCUT2D eigenvalue weighted by Gasteiger charge is -2.19. The lowest BCUT2D eigenvalue weighted by Crippen LogP contribution is -2.33. The Morgan fingerprint density at radius 1 is 1.20 bits per heavy atom. The SMILES string of the molecule is Cn1c2c(ccc1=O)CCN(C(=O)c1ccsc1)CC2. The highest BCUT2D eigenvalue weighted by Crippen LogP contribution is 2.16. The van der Waals surface area contributed by atoms with E-state index in [1.54, 1.807) is 17.7 Å². The molecule has 0 aliphatic carbocycles. The zero-order valence-corrected chi connectivity index (χ0v) is 12.2. The topological polar surface area (TPSA) is 42.3 Å². The zero-order valence-electron chi connectivity index (χ0n) is 11.3. The van der Waals surface area contributed by atoms with Gasteiger partial charge in [0.05, 0.1) is 5.56 Å². The normalized spacial score (nSPS) is 14.8.